The van der Waals surface area contributed by atoms with Gasteiger partial charge >= 0.3 is 25.6 Å². The van der Waals surface area contributed by atoms with Gasteiger partial charge in [-0.2, -0.15) is 70.1 Å². The maximum absolute atomic E-state index is 12.9. The highest BCUT2D eigenvalue weighted by Crippen LogP contribution is 2.39. The molecular formula is C52H44BBrF9N19O4. The molecule has 0 saturated carbocycles. The van der Waals surface area contributed by atoms with E-state index in [1.807, 2.05) is 6.92 Å². The number of rotatable bonds is 7. The molecular weight excluding hydrogens is 1220 g/mol. The summed E-state index contributed by atoms with van der Waals surface area (Å²) in [7, 11) is 5.22. The van der Waals surface area contributed by atoms with Gasteiger partial charge in [0.1, 0.15) is 63.7 Å². The molecule has 12 aromatic rings. The Morgan fingerprint density at radius 2 is 0.872 bits per heavy atom. The van der Waals surface area contributed by atoms with E-state index in [9.17, 15) is 49.1 Å². The number of aryl methyl sites for hydroxylation is 6. The van der Waals surface area contributed by atoms with Crippen molar-refractivity contribution in [3.05, 3.63) is 170 Å². The molecule has 9 aromatic heterocycles. The Kier molecular flexibility index (Phi) is 16.7. The summed E-state index contributed by atoms with van der Waals surface area (Å²) in [6.07, 6.45) is -4.30. The number of anilines is 1. The highest BCUT2D eigenvalue weighted by molar-refractivity contribution is 9.10. The molecule has 0 unspecified atom stereocenters. The largest absolute Gasteiger partial charge is 0.488 e. The van der Waals surface area contributed by atoms with Crippen molar-refractivity contribution in [2.45, 2.75) is 39.3 Å². The van der Waals surface area contributed by atoms with E-state index in [1.54, 1.807) is 68.3 Å². The highest BCUT2D eigenvalue weighted by Gasteiger charge is 2.33. The first kappa shape index (κ1) is 60.8. The maximum Gasteiger partial charge on any atom is 0.488 e. The fraction of sp³-hybridized carbons (Fsp3) is 0.192. The highest BCUT2D eigenvalue weighted by atomic mass is 79.9. The molecule has 34 heteroatoms. The lowest BCUT2D eigenvalue weighted by atomic mass is 9.80. The number of halogens is 10. The first-order valence-electron chi connectivity index (χ1n) is 24.9. The topological polar surface area (TPSA) is 275 Å². The number of H-pyrrole nitrogens is 2. The average molecular weight is 1260 g/mol. The molecule has 9 heterocycles. The lowest BCUT2D eigenvalue weighted by Crippen LogP contribution is -2.29. The standard InChI is InChI=1S/C18H16F3N7.C17H13F3N6O.C10H9BrN6O.C7H6BF3O2/c1-10-26-14(16-17(22-2)23-9-25-28(10)16)13-8-24-27(3)15(13)11-4-6-12(7-5-11)18(19,20)21;1-9-24-13(15-16(27)21-8-23-26(9)15)12-7-22-25(2)14(12)10-3-5-11(6-4-10)17(18,19)20;1-5-15-7(6-3-13-16(2)9(6)11)8-10(18)12-4-14-17(5)8;9-7(10,11)5-1-3-6(4-2-5)8(12)13/h4-9H,1-3H3,(H,22,23,25);3-8H,1-2H3,(H,21,23,27);3-4H,1-2H3,(H,12,14,18);1-4,12-13H. The van der Waals surface area contributed by atoms with Gasteiger partial charge in [0.15, 0.2) is 16.9 Å². The van der Waals surface area contributed by atoms with Crippen LogP contribution in [0.5, 0.6) is 0 Å². The van der Waals surface area contributed by atoms with Gasteiger partial charge in [-0.05, 0) is 66.4 Å². The van der Waals surface area contributed by atoms with Gasteiger partial charge in [0.05, 0.1) is 52.2 Å². The van der Waals surface area contributed by atoms with E-state index in [1.165, 1.54) is 63.2 Å². The van der Waals surface area contributed by atoms with Crippen LogP contribution in [0, 0.1) is 20.8 Å². The third-order valence-electron chi connectivity index (χ3n) is 13.0. The van der Waals surface area contributed by atoms with Crippen molar-refractivity contribution in [3.63, 3.8) is 0 Å². The van der Waals surface area contributed by atoms with E-state index in [0.717, 1.165) is 58.7 Å². The molecule has 12 rings (SSSR count). The summed E-state index contributed by atoms with van der Waals surface area (Å²) in [6.45, 7) is 5.32. The maximum atomic E-state index is 12.9. The lowest BCUT2D eigenvalue weighted by molar-refractivity contribution is -0.138. The molecule has 3 aromatic carbocycles. The summed E-state index contributed by atoms with van der Waals surface area (Å²) < 4.78 is 123. The first-order chi connectivity index (χ1) is 40.6. The van der Waals surface area contributed by atoms with Crippen molar-refractivity contribution < 1.29 is 49.6 Å². The Balaban J connectivity index is 0.000000142. The van der Waals surface area contributed by atoms with E-state index < -0.39 is 42.3 Å². The second-order valence-corrected chi connectivity index (χ2v) is 19.3. The number of hydrogen-bond acceptors (Lipinski definition) is 15. The molecule has 0 spiro atoms. The van der Waals surface area contributed by atoms with Crippen molar-refractivity contribution >= 4 is 50.9 Å². The van der Waals surface area contributed by atoms with Crippen molar-refractivity contribution in [2.24, 2.45) is 21.1 Å². The molecule has 5 N–H and O–H groups in total. The zero-order valence-electron chi connectivity index (χ0n) is 45.6. The molecule has 0 radical (unpaired) electrons. The van der Waals surface area contributed by atoms with E-state index in [4.69, 9.17) is 10.0 Å². The normalized spacial score (nSPS) is 11.8. The Bertz CT molecular complexity index is 4540. The number of benzene rings is 3. The number of nitrogens with one attached hydrogen (secondary N) is 3. The second kappa shape index (κ2) is 23.7. The summed E-state index contributed by atoms with van der Waals surface area (Å²) in [5, 5.41) is 45.2. The van der Waals surface area contributed by atoms with Crippen molar-refractivity contribution in [3.8, 4) is 56.3 Å². The number of hydrogen-bond donors (Lipinski definition) is 5. The van der Waals surface area contributed by atoms with E-state index in [-0.39, 0.29) is 22.1 Å². The first-order valence-corrected chi connectivity index (χ1v) is 25.7. The van der Waals surface area contributed by atoms with Crippen LogP contribution in [0.1, 0.15) is 34.2 Å². The molecule has 0 fully saturated rings. The van der Waals surface area contributed by atoms with Gasteiger partial charge in [-0.1, -0.05) is 48.5 Å². The SMILES string of the molecule is CNc1ncnn2c(C)nc(-c3cnn(C)c3-c3ccc(C(F)(F)F)cc3)c12.Cc1nc(-c2cnn(C)c2-c2ccc(C(F)(F)F)cc2)c2c(=O)[nH]cnn12.Cc1nc(-c2cnn(C)c2Br)c2c(=O)[nH]cnn12.OB(O)c1ccc(C(F)(F)F)cc1. The monoisotopic (exact) mass is 1260 g/mol. The molecule has 0 bridgehead atoms. The summed E-state index contributed by atoms with van der Waals surface area (Å²) in [6, 6.07) is 13.4. The minimum atomic E-state index is -4.41. The minimum Gasteiger partial charge on any atom is -0.423 e. The van der Waals surface area contributed by atoms with E-state index in [2.05, 4.69) is 81.7 Å². The van der Waals surface area contributed by atoms with Crippen LogP contribution in [0.4, 0.5) is 45.3 Å². The third kappa shape index (κ3) is 12.1. The van der Waals surface area contributed by atoms with Crippen molar-refractivity contribution in [1.82, 2.24) is 88.1 Å². The number of nitrogens with zero attached hydrogens (tertiary/aromatic N) is 16. The van der Waals surface area contributed by atoms with E-state index in [0.29, 0.717) is 85.0 Å². The molecule has 0 aliphatic rings. The summed E-state index contributed by atoms with van der Waals surface area (Å²) in [4.78, 5) is 46.9. The average Bonchev–Trinajstić information content (AvgIpc) is 1.69. The Morgan fingerprint density at radius 3 is 1.24 bits per heavy atom. The molecule has 0 atom stereocenters. The predicted octanol–water partition coefficient (Wildman–Crippen LogP) is 7.65. The van der Waals surface area contributed by atoms with Gasteiger partial charge < -0.3 is 25.3 Å². The molecule has 0 aliphatic heterocycles. The molecule has 23 nitrogen and oxygen atoms in total. The summed E-state index contributed by atoms with van der Waals surface area (Å²) in [5.41, 5.74) is 4.37. The van der Waals surface area contributed by atoms with Gasteiger partial charge in [0.2, 0.25) is 0 Å². The fourth-order valence-corrected chi connectivity index (χ4v) is 9.33. The van der Waals surface area contributed by atoms with Gasteiger partial charge in [-0.25, -0.2) is 33.5 Å². The zero-order valence-corrected chi connectivity index (χ0v) is 47.2. The van der Waals surface area contributed by atoms with Gasteiger partial charge in [0, 0.05) is 50.4 Å². The van der Waals surface area contributed by atoms with Crippen LogP contribution in [0.25, 0.3) is 72.8 Å². The van der Waals surface area contributed by atoms with Crippen LogP contribution in [0.3, 0.4) is 0 Å². The van der Waals surface area contributed by atoms with Crippen LogP contribution < -0.4 is 21.9 Å². The molecule has 444 valence electrons. The second-order valence-electron chi connectivity index (χ2n) is 18.6. The third-order valence-corrected chi connectivity index (χ3v) is 14.0. The zero-order chi connectivity index (χ0) is 62.3. The number of imidazole rings is 3. The van der Waals surface area contributed by atoms with Crippen LogP contribution >= 0.6 is 15.9 Å². The number of aromatic amines is 2. The molecule has 0 amide bonds. The van der Waals surface area contributed by atoms with Crippen molar-refractivity contribution in [2.75, 3.05) is 12.4 Å². The smallest absolute Gasteiger partial charge is 0.423 e. The Labute approximate surface area is 485 Å². The van der Waals surface area contributed by atoms with Crippen LogP contribution in [0.15, 0.2) is 125 Å². The van der Waals surface area contributed by atoms with Crippen LogP contribution in [-0.2, 0) is 39.7 Å². The molecule has 86 heavy (non-hydrogen) atoms. The lowest BCUT2D eigenvalue weighted by Gasteiger charge is -2.10. The van der Waals surface area contributed by atoms with Gasteiger partial charge in [0.25, 0.3) is 11.1 Å². The number of fused-ring (bicyclic) bond motifs is 3. The molecule has 0 saturated heterocycles. The Hall–Kier alpha value is -9.83. The number of alkyl halides is 9. The summed E-state index contributed by atoms with van der Waals surface area (Å²) >= 11 is 3.43. The fourth-order valence-electron chi connectivity index (χ4n) is 8.95. The summed E-state index contributed by atoms with van der Waals surface area (Å²) in [5.74, 6) is 2.41. The minimum absolute atomic E-state index is 0.0352. The van der Waals surface area contributed by atoms with E-state index >= 15 is 0 Å². The van der Waals surface area contributed by atoms with Crippen LogP contribution in [-0.4, -0.2) is 112 Å². The predicted molar refractivity (Wildman–Crippen MR) is 298 cm³/mol. The van der Waals surface area contributed by atoms with Gasteiger partial charge in [-0.3, -0.25) is 23.6 Å². The quantitative estimate of drug-likeness (QED) is 0.0757. The number of aromatic nitrogens is 18. The van der Waals surface area contributed by atoms with Crippen LogP contribution in [0.2, 0.25) is 0 Å². The Morgan fingerprint density at radius 1 is 0.512 bits per heavy atom. The molecule has 0 aliphatic carbocycles. The van der Waals surface area contributed by atoms with Crippen molar-refractivity contribution in [1.29, 1.82) is 0 Å². The van der Waals surface area contributed by atoms with Gasteiger partial charge in [-0.15, -0.1) is 0 Å².